The smallest absolute Gasteiger partial charge is 0.288 e. The molecule has 1 aromatic rings. The number of carbonyl (C=O) groups excluding carboxylic acids is 1. The third-order valence-corrected chi connectivity index (χ3v) is 3.23. The molecule has 1 aromatic heterocycles. The van der Waals surface area contributed by atoms with Crippen molar-refractivity contribution >= 4 is 17.4 Å². The predicted octanol–water partition coefficient (Wildman–Crippen LogP) is 2.29. The molecular formula is C13H20N4O3. The first-order valence-corrected chi connectivity index (χ1v) is 6.57. The summed E-state index contributed by atoms with van der Waals surface area (Å²) in [5, 5.41) is 13.8. The Hall–Kier alpha value is -2.18. The highest BCUT2D eigenvalue weighted by Gasteiger charge is 2.22. The van der Waals surface area contributed by atoms with Crippen LogP contribution in [-0.2, 0) is 0 Å². The lowest BCUT2D eigenvalue weighted by molar-refractivity contribution is -0.385. The molecule has 0 aliphatic carbocycles. The van der Waals surface area contributed by atoms with Crippen molar-refractivity contribution in [3.63, 3.8) is 0 Å². The van der Waals surface area contributed by atoms with Crippen molar-refractivity contribution in [2.75, 3.05) is 18.9 Å². The third-order valence-electron chi connectivity index (χ3n) is 3.23. The molecule has 0 aliphatic rings. The van der Waals surface area contributed by atoms with E-state index >= 15 is 0 Å². The lowest BCUT2D eigenvalue weighted by Crippen LogP contribution is -2.35. The molecule has 1 rings (SSSR count). The summed E-state index contributed by atoms with van der Waals surface area (Å²) in [6, 6.07) is 1.32. The maximum Gasteiger partial charge on any atom is 0.288 e. The van der Waals surface area contributed by atoms with Gasteiger partial charge in [-0.15, -0.1) is 0 Å². The van der Waals surface area contributed by atoms with Crippen LogP contribution in [0.3, 0.4) is 0 Å². The van der Waals surface area contributed by atoms with Gasteiger partial charge in [0.2, 0.25) is 0 Å². The normalized spacial score (nSPS) is 11.8. The molecule has 0 spiro atoms. The van der Waals surface area contributed by atoms with E-state index in [0.29, 0.717) is 12.4 Å². The zero-order chi connectivity index (χ0) is 15.3. The molecule has 1 amide bonds. The number of hydrogen-bond acceptors (Lipinski definition) is 5. The van der Waals surface area contributed by atoms with Crippen molar-refractivity contribution in [2.24, 2.45) is 0 Å². The third kappa shape index (κ3) is 3.43. The van der Waals surface area contributed by atoms with Gasteiger partial charge in [-0.3, -0.25) is 14.9 Å². The molecule has 0 bridgehead atoms. The van der Waals surface area contributed by atoms with Crippen LogP contribution in [0.25, 0.3) is 0 Å². The number of aromatic nitrogens is 1. The first-order chi connectivity index (χ1) is 9.42. The summed E-state index contributed by atoms with van der Waals surface area (Å²) in [6.45, 7) is 6.36. The van der Waals surface area contributed by atoms with Crippen LogP contribution in [0.15, 0.2) is 12.3 Å². The van der Waals surface area contributed by atoms with Crippen molar-refractivity contribution in [3.05, 3.63) is 27.9 Å². The van der Waals surface area contributed by atoms with Gasteiger partial charge in [0.25, 0.3) is 11.6 Å². The quantitative estimate of drug-likeness (QED) is 0.638. The second-order valence-corrected chi connectivity index (χ2v) is 4.55. The van der Waals surface area contributed by atoms with Gasteiger partial charge in [-0.05, 0) is 20.3 Å². The maximum atomic E-state index is 12.4. The molecule has 110 valence electrons. The van der Waals surface area contributed by atoms with Crippen LogP contribution in [0.5, 0.6) is 0 Å². The number of amides is 1. The second-order valence-electron chi connectivity index (χ2n) is 4.55. The van der Waals surface area contributed by atoms with Crippen LogP contribution in [0, 0.1) is 10.1 Å². The molecule has 1 heterocycles. The zero-order valence-electron chi connectivity index (χ0n) is 12.2. The molecule has 1 atom stereocenters. The van der Waals surface area contributed by atoms with E-state index in [1.165, 1.54) is 6.07 Å². The Bertz CT molecular complexity index is 504. The number of pyridine rings is 1. The van der Waals surface area contributed by atoms with Crippen LogP contribution in [0.1, 0.15) is 37.6 Å². The van der Waals surface area contributed by atoms with Gasteiger partial charge in [0, 0.05) is 25.7 Å². The summed E-state index contributed by atoms with van der Waals surface area (Å²) in [4.78, 5) is 28.3. The van der Waals surface area contributed by atoms with E-state index in [1.54, 1.807) is 11.9 Å². The first-order valence-electron chi connectivity index (χ1n) is 6.57. The van der Waals surface area contributed by atoms with Crippen molar-refractivity contribution in [1.29, 1.82) is 0 Å². The van der Waals surface area contributed by atoms with Crippen LogP contribution in [0.2, 0.25) is 0 Å². The minimum Gasteiger partial charge on any atom is -0.370 e. The van der Waals surface area contributed by atoms with Crippen LogP contribution >= 0.6 is 0 Å². The molecule has 7 heteroatoms. The summed E-state index contributed by atoms with van der Waals surface area (Å²) in [7, 11) is 1.69. The highest BCUT2D eigenvalue weighted by molar-refractivity contribution is 5.99. The first kappa shape index (κ1) is 15.9. The van der Waals surface area contributed by atoms with E-state index in [-0.39, 0.29) is 23.2 Å². The van der Waals surface area contributed by atoms with E-state index in [0.717, 1.165) is 12.6 Å². The lowest BCUT2D eigenvalue weighted by Gasteiger charge is -2.24. The highest BCUT2D eigenvalue weighted by atomic mass is 16.6. The molecule has 0 saturated heterocycles. The topological polar surface area (TPSA) is 88.4 Å². The molecule has 20 heavy (non-hydrogen) atoms. The minimum absolute atomic E-state index is 0.0521. The molecule has 1 N–H and O–H groups in total. The van der Waals surface area contributed by atoms with Gasteiger partial charge >= 0.3 is 0 Å². The molecule has 7 nitrogen and oxygen atoms in total. The largest absolute Gasteiger partial charge is 0.370 e. The van der Waals surface area contributed by atoms with Gasteiger partial charge < -0.3 is 10.2 Å². The fourth-order valence-electron chi connectivity index (χ4n) is 1.69. The van der Waals surface area contributed by atoms with E-state index in [9.17, 15) is 14.9 Å². The Kier molecular flexibility index (Phi) is 5.42. The number of hydrogen-bond donors (Lipinski definition) is 1. The number of rotatable bonds is 6. The van der Waals surface area contributed by atoms with Crippen LogP contribution in [-0.4, -0.2) is 40.3 Å². The number of nitrogens with one attached hydrogen (secondary N) is 1. The molecule has 1 unspecified atom stereocenters. The van der Waals surface area contributed by atoms with Gasteiger partial charge in [0.1, 0.15) is 12.0 Å². The fraction of sp³-hybridized carbons (Fsp3) is 0.538. The van der Waals surface area contributed by atoms with Crippen molar-refractivity contribution in [1.82, 2.24) is 9.88 Å². The summed E-state index contributed by atoms with van der Waals surface area (Å²) >= 11 is 0. The number of nitrogens with zero attached hydrogens (tertiary/aromatic N) is 3. The van der Waals surface area contributed by atoms with Gasteiger partial charge in [0.15, 0.2) is 0 Å². The standard InChI is InChI=1S/C13H20N4O3/c1-5-9(3)16(4)13(18)11-7-10(17(19)20)8-15-12(11)14-6-2/h7-9H,5-6H2,1-4H3,(H,14,15). The molecule has 0 radical (unpaired) electrons. The second kappa shape index (κ2) is 6.83. The minimum atomic E-state index is -0.553. The summed E-state index contributed by atoms with van der Waals surface area (Å²) in [6.07, 6.45) is 1.96. The van der Waals surface area contributed by atoms with Crippen LogP contribution in [0.4, 0.5) is 11.5 Å². The van der Waals surface area contributed by atoms with Crippen molar-refractivity contribution in [3.8, 4) is 0 Å². The van der Waals surface area contributed by atoms with E-state index < -0.39 is 4.92 Å². The highest BCUT2D eigenvalue weighted by Crippen LogP contribution is 2.21. The number of anilines is 1. The van der Waals surface area contributed by atoms with Gasteiger partial charge in [0.05, 0.1) is 10.5 Å². The van der Waals surface area contributed by atoms with Gasteiger partial charge in [-0.25, -0.2) is 4.98 Å². The summed E-state index contributed by atoms with van der Waals surface area (Å²) in [5.74, 6) is 0.102. The fourth-order valence-corrected chi connectivity index (χ4v) is 1.69. The molecule has 0 saturated carbocycles. The maximum absolute atomic E-state index is 12.4. The Labute approximate surface area is 118 Å². The van der Waals surface area contributed by atoms with Gasteiger partial charge in [-0.1, -0.05) is 6.92 Å². The Morgan fingerprint density at radius 3 is 2.70 bits per heavy atom. The Morgan fingerprint density at radius 2 is 2.20 bits per heavy atom. The summed E-state index contributed by atoms with van der Waals surface area (Å²) in [5.41, 5.74) is 0.0383. The molecule has 0 fully saturated rings. The average molecular weight is 280 g/mol. The lowest BCUT2D eigenvalue weighted by atomic mass is 10.1. The Balaban J connectivity index is 3.21. The van der Waals surface area contributed by atoms with E-state index in [1.807, 2.05) is 20.8 Å². The number of nitro groups is 1. The van der Waals surface area contributed by atoms with Gasteiger partial charge in [-0.2, -0.15) is 0 Å². The molecule has 0 aliphatic heterocycles. The van der Waals surface area contributed by atoms with E-state index in [4.69, 9.17) is 0 Å². The monoisotopic (exact) mass is 280 g/mol. The summed E-state index contributed by atoms with van der Waals surface area (Å²) < 4.78 is 0. The SMILES string of the molecule is CCNc1ncc([N+](=O)[O-])cc1C(=O)N(C)C(C)CC. The average Bonchev–Trinajstić information content (AvgIpc) is 2.45. The number of carbonyl (C=O) groups is 1. The van der Waals surface area contributed by atoms with E-state index in [2.05, 4.69) is 10.3 Å². The molecular weight excluding hydrogens is 260 g/mol. The molecule has 0 aromatic carbocycles. The van der Waals surface area contributed by atoms with Crippen LogP contribution < -0.4 is 5.32 Å². The van der Waals surface area contributed by atoms with Crippen molar-refractivity contribution < 1.29 is 9.72 Å². The predicted molar refractivity (Wildman–Crippen MR) is 76.9 cm³/mol. The Morgan fingerprint density at radius 1 is 1.55 bits per heavy atom. The van der Waals surface area contributed by atoms with Crippen molar-refractivity contribution in [2.45, 2.75) is 33.2 Å². The zero-order valence-corrected chi connectivity index (χ0v) is 12.2.